The smallest absolute Gasteiger partial charge is 0.239 e. The molecular formula is C13H17N3O. The molecule has 0 aliphatic rings. The van der Waals surface area contributed by atoms with Crippen molar-refractivity contribution in [2.45, 2.75) is 13.8 Å². The molecule has 0 spiro atoms. The number of anilines is 1. The van der Waals surface area contributed by atoms with Gasteiger partial charge in [-0.15, -0.1) is 0 Å². The molecule has 0 bridgehead atoms. The number of amides is 1. The first kappa shape index (κ1) is 13.0. The molecule has 1 amide bonds. The highest BCUT2D eigenvalue weighted by molar-refractivity contribution is 5.81. The van der Waals surface area contributed by atoms with Gasteiger partial charge in [0.25, 0.3) is 0 Å². The predicted octanol–water partition coefficient (Wildman–Crippen LogP) is 1.44. The zero-order valence-corrected chi connectivity index (χ0v) is 10.4. The third-order valence-electron chi connectivity index (χ3n) is 2.49. The number of carbonyl (C=O) groups is 1. The monoisotopic (exact) mass is 231 g/mol. The van der Waals surface area contributed by atoms with Gasteiger partial charge in [-0.25, -0.2) is 0 Å². The number of hydrogen-bond acceptors (Lipinski definition) is 3. The number of rotatable bonds is 4. The zero-order chi connectivity index (χ0) is 12.8. The molecule has 0 atom stereocenters. The Balaban J connectivity index is 2.79. The summed E-state index contributed by atoms with van der Waals surface area (Å²) < 4.78 is 0. The van der Waals surface area contributed by atoms with Crippen LogP contribution >= 0.6 is 0 Å². The van der Waals surface area contributed by atoms with E-state index in [9.17, 15) is 4.79 Å². The molecule has 0 fully saturated rings. The zero-order valence-electron chi connectivity index (χ0n) is 10.4. The fraction of sp³-hybridized carbons (Fsp3) is 0.385. The normalized spacial score (nSPS) is 9.53. The van der Waals surface area contributed by atoms with E-state index in [2.05, 4.69) is 11.4 Å². The SMILES string of the molecule is CCNC(=O)CN(C)c1ccc(C#N)cc1C. The van der Waals surface area contributed by atoms with Crippen LogP contribution in [-0.4, -0.2) is 26.0 Å². The molecule has 0 heterocycles. The van der Waals surface area contributed by atoms with Crippen molar-refractivity contribution in [3.05, 3.63) is 29.3 Å². The summed E-state index contributed by atoms with van der Waals surface area (Å²) in [5, 5.41) is 11.5. The Kier molecular flexibility index (Phi) is 4.53. The van der Waals surface area contributed by atoms with Gasteiger partial charge in [-0.2, -0.15) is 5.26 Å². The molecule has 0 radical (unpaired) electrons. The number of hydrogen-bond donors (Lipinski definition) is 1. The van der Waals surface area contributed by atoms with Gasteiger partial charge >= 0.3 is 0 Å². The Bertz CT molecular complexity index is 448. The third-order valence-corrected chi connectivity index (χ3v) is 2.49. The maximum atomic E-state index is 11.5. The Morgan fingerprint density at radius 3 is 2.76 bits per heavy atom. The first-order valence-corrected chi connectivity index (χ1v) is 5.57. The Labute approximate surface area is 102 Å². The predicted molar refractivity (Wildman–Crippen MR) is 67.8 cm³/mol. The lowest BCUT2D eigenvalue weighted by Crippen LogP contribution is -2.35. The largest absolute Gasteiger partial charge is 0.365 e. The van der Waals surface area contributed by atoms with E-state index < -0.39 is 0 Å². The minimum absolute atomic E-state index is 0.00115. The van der Waals surface area contributed by atoms with Crippen molar-refractivity contribution in [2.24, 2.45) is 0 Å². The van der Waals surface area contributed by atoms with Crippen molar-refractivity contribution in [3.8, 4) is 6.07 Å². The fourth-order valence-electron chi connectivity index (χ4n) is 1.71. The van der Waals surface area contributed by atoms with E-state index in [-0.39, 0.29) is 5.91 Å². The fourth-order valence-corrected chi connectivity index (χ4v) is 1.71. The number of likely N-dealkylation sites (N-methyl/N-ethyl adjacent to an activating group) is 2. The quantitative estimate of drug-likeness (QED) is 0.853. The van der Waals surface area contributed by atoms with Gasteiger partial charge in [-0.1, -0.05) is 0 Å². The minimum Gasteiger partial charge on any atom is -0.365 e. The number of aryl methyl sites for hydroxylation is 1. The molecule has 1 aromatic carbocycles. The van der Waals surface area contributed by atoms with Gasteiger partial charge in [0, 0.05) is 19.3 Å². The van der Waals surface area contributed by atoms with Crippen LogP contribution in [0.2, 0.25) is 0 Å². The van der Waals surface area contributed by atoms with E-state index >= 15 is 0 Å². The average Bonchev–Trinajstić information content (AvgIpc) is 2.28. The molecule has 1 rings (SSSR count). The van der Waals surface area contributed by atoms with Crippen molar-refractivity contribution in [3.63, 3.8) is 0 Å². The van der Waals surface area contributed by atoms with Gasteiger partial charge in [0.2, 0.25) is 5.91 Å². The molecule has 1 N–H and O–H groups in total. The van der Waals surface area contributed by atoms with Crippen molar-refractivity contribution in [2.75, 3.05) is 25.0 Å². The molecule has 1 aromatic rings. The number of benzene rings is 1. The van der Waals surface area contributed by atoms with Gasteiger partial charge in [0.1, 0.15) is 0 Å². The number of carbonyl (C=O) groups excluding carboxylic acids is 1. The van der Waals surface area contributed by atoms with Crippen LogP contribution in [0.3, 0.4) is 0 Å². The van der Waals surface area contributed by atoms with E-state index in [4.69, 9.17) is 5.26 Å². The van der Waals surface area contributed by atoms with E-state index in [0.29, 0.717) is 18.7 Å². The summed E-state index contributed by atoms with van der Waals surface area (Å²) in [6, 6.07) is 7.55. The van der Waals surface area contributed by atoms with E-state index in [1.165, 1.54) is 0 Å². The number of nitriles is 1. The molecule has 0 saturated heterocycles. The third kappa shape index (κ3) is 3.49. The lowest BCUT2D eigenvalue weighted by molar-refractivity contribution is -0.119. The molecule has 0 unspecified atom stereocenters. The van der Waals surface area contributed by atoms with Crippen LogP contribution in [0.4, 0.5) is 5.69 Å². The van der Waals surface area contributed by atoms with Crippen LogP contribution in [0.15, 0.2) is 18.2 Å². The van der Waals surface area contributed by atoms with Gasteiger partial charge in [-0.05, 0) is 37.6 Å². The molecular weight excluding hydrogens is 214 g/mol. The Morgan fingerprint density at radius 1 is 1.53 bits per heavy atom. The first-order valence-electron chi connectivity index (χ1n) is 5.57. The summed E-state index contributed by atoms with van der Waals surface area (Å²) in [5.41, 5.74) is 2.60. The van der Waals surface area contributed by atoms with Crippen molar-refractivity contribution in [1.82, 2.24) is 5.32 Å². The molecule has 0 aliphatic heterocycles. The average molecular weight is 231 g/mol. The van der Waals surface area contributed by atoms with Crippen molar-refractivity contribution in [1.29, 1.82) is 5.26 Å². The summed E-state index contributed by atoms with van der Waals surface area (Å²) in [5.74, 6) is -0.00115. The highest BCUT2D eigenvalue weighted by Crippen LogP contribution is 2.19. The second kappa shape index (κ2) is 5.90. The molecule has 0 aromatic heterocycles. The van der Waals surface area contributed by atoms with Crippen LogP contribution < -0.4 is 10.2 Å². The van der Waals surface area contributed by atoms with E-state index in [1.54, 1.807) is 6.07 Å². The van der Waals surface area contributed by atoms with Crippen LogP contribution in [0.25, 0.3) is 0 Å². The maximum Gasteiger partial charge on any atom is 0.239 e. The molecule has 0 aliphatic carbocycles. The maximum absolute atomic E-state index is 11.5. The molecule has 4 heteroatoms. The lowest BCUT2D eigenvalue weighted by atomic mass is 10.1. The highest BCUT2D eigenvalue weighted by atomic mass is 16.1. The molecule has 4 nitrogen and oxygen atoms in total. The van der Waals surface area contributed by atoms with E-state index in [0.717, 1.165) is 11.3 Å². The second-order valence-electron chi connectivity index (χ2n) is 3.92. The minimum atomic E-state index is -0.00115. The number of nitrogens with zero attached hydrogens (tertiary/aromatic N) is 2. The van der Waals surface area contributed by atoms with Gasteiger partial charge < -0.3 is 10.2 Å². The topological polar surface area (TPSA) is 56.1 Å². The van der Waals surface area contributed by atoms with Crippen molar-refractivity contribution >= 4 is 11.6 Å². The van der Waals surface area contributed by atoms with E-state index in [1.807, 2.05) is 37.9 Å². The molecule has 90 valence electrons. The summed E-state index contributed by atoms with van der Waals surface area (Å²) in [6.07, 6.45) is 0. The summed E-state index contributed by atoms with van der Waals surface area (Å²) >= 11 is 0. The Morgan fingerprint density at radius 2 is 2.24 bits per heavy atom. The standard InChI is InChI=1S/C13H17N3O/c1-4-15-13(17)9-16(3)12-6-5-11(8-14)7-10(12)2/h5-7H,4,9H2,1-3H3,(H,15,17). The number of nitrogens with one attached hydrogen (secondary N) is 1. The van der Waals surface area contributed by atoms with Crippen LogP contribution in [0.5, 0.6) is 0 Å². The van der Waals surface area contributed by atoms with Crippen molar-refractivity contribution < 1.29 is 4.79 Å². The van der Waals surface area contributed by atoms with Crippen LogP contribution in [0, 0.1) is 18.3 Å². The molecule has 0 saturated carbocycles. The van der Waals surface area contributed by atoms with Gasteiger partial charge in [0.05, 0.1) is 18.2 Å². The molecule has 17 heavy (non-hydrogen) atoms. The Hall–Kier alpha value is -2.02. The van der Waals surface area contributed by atoms with Gasteiger partial charge in [-0.3, -0.25) is 4.79 Å². The van der Waals surface area contributed by atoms with Crippen LogP contribution in [0.1, 0.15) is 18.1 Å². The summed E-state index contributed by atoms with van der Waals surface area (Å²) in [4.78, 5) is 13.3. The van der Waals surface area contributed by atoms with Gasteiger partial charge in [0.15, 0.2) is 0 Å². The second-order valence-corrected chi connectivity index (χ2v) is 3.92. The highest BCUT2D eigenvalue weighted by Gasteiger charge is 2.09. The van der Waals surface area contributed by atoms with Crippen LogP contribution in [-0.2, 0) is 4.79 Å². The first-order chi connectivity index (χ1) is 8.08. The lowest BCUT2D eigenvalue weighted by Gasteiger charge is -2.20. The summed E-state index contributed by atoms with van der Waals surface area (Å²) in [7, 11) is 1.86. The summed E-state index contributed by atoms with van der Waals surface area (Å²) in [6.45, 7) is 4.79.